The topological polar surface area (TPSA) is 79.5 Å². The molecule has 7 heteroatoms. The van der Waals surface area contributed by atoms with Gasteiger partial charge in [-0.15, -0.1) is 0 Å². The molecule has 0 aromatic heterocycles. The van der Waals surface area contributed by atoms with Crippen LogP contribution in [-0.2, 0) is 22.5 Å². The van der Waals surface area contributed by atoms with E-state index in [1.165, 1.54) is 0 Å². The number of urea groups is 1. The van der Waals surface area contributed by atoms with Crippen LogP contribution in [0, 0.1) is 0 Å². The van der Waals surface area contributed by atoms with Crippen LogP contribution in [0.25, 0.3) is 0 Å². The number of halogens is 1. The quantitative estimate of drug-likeness (QED) is 0.728. The number of rotatable bonds is 6. The molecule has 1 aliphatic heterocycles. The van der Waals surface area contributed by atoms with E-state index in [9.17, 15) is 9.59 Å². The third kappa shape index (κ3) is 5.47. The van der Waals surface area contributed by atoms with Gasteiger partial charge in [0.15, 0.2) is 0 Å². The molecule has 1 heterocycles. The summed E-state index contributed by atoms with van der Waals surface area (Å²) in [6, 6.07) is 14.3. The number of benzene rings is 2. The van der Waals surface area contributed by atoms with Crippen LogP contribution in [-0.4, -0.2) is 31.2 Å². The molecule has 0 saturated carbocycles. The molecule has 2 aromatic carbocycles. The summed E-state index contributed by atoms with van der Waals surface area (Å²) in [7, 11) is 0. The van der Waals surface area contributed by atoms with E-state index in [2.05, 4.69) is 16.0 Å². The van der Waals surface area contributed by atoms with Gasteiger partial charge in [-0.2, -0.15) is 0 Å². The maximum absolute atomic E-state index is 12.0. The molecule has 3 rings (SSSR count). The molecule has 3 N–H and O–H groups in total. The highest BCUT2D eigenvalue weighted by atomic mass is 35.5. The van der Waals surface area contributed by atoms with Crippen molar-refractivity contribution >= 4 is 29.2 Å². The Balaban J connectivity index is 1.43. The molecular formula is C19H20ClN3O3. The lowest BCUT2D eigenvalue weighted by Crippen LogP contribution is -2.49. The molecule has 0 unspecified atom stereocenters. The van der Waals surface area contributed by atoms with Gasteiger partial charge in [0.25, 0.3) is 0 Å². The number of hydrogen-bond acceptors (Lipinski definition) is 3. The Morgan fingerprint density at radius 1 is 1.00 bits per heavy atom. The third-order valence-corrected chi connectivity index (χ3v) is 4.20. The van der Waals surface area contributed by atoms with Gasteiger partial charge >= 0.3 is 6.03 Å². The Kier molecular flexibility index (Phi) is 6.09. The van der Waals surface area contributed by atoms with Crippen molar-refractivity contribution in [3.63, 3.8) is 0 Å². The summed E-state index contributed by atoms with van der Waals surface area (Å²) < 4.78 is 5.03. The summed E-state index contributed by atoms with van der Waals surface area (Å²) in [5.41, 5.74) is 2.51. The number of nitrogens with one attached hydrogen (secondary N) is 3. The van der Waals surface area contributed by atoms with Gasteiger partial charge in [-0.25, -0.2) is 4.79 Å². The number of hydrogen-bond donors (Lipinski definition) is 3. The first kappa shape index (κ1) is 18.2. The zero-order chi connectivity index (χ0) is 18.4. The smallest absolute Gasteiger partial charge is 0.319 e. The highest BCUT2D eigenvalue weighted by Crippen LogP contribution is 2.11. The summed E-state index contributed by atoms with van der Waals surface area (Å²) in [6.07, 6.45) is 0.305. The van der Waals surface area contributed by atoms with Gasteiger partial charge in [-0.3, -0.25) is 4.79 Å². The molecule has 0 bridgehead atoms. The second kappa shape index (κ2) is 8.69. The van der Waals surface area contributed by atoms with E-state index in [0.29, 0.717) is 36.9 Å². The van der Waals surface area contributed by atoms with E-state index in [4.69, 9.17) is 16.3 Å². The van der Waals surface area contributed by atoms with E-state index in [1.54, 1.807) is 24.3 Å². The van der Waals surface area contributed by atoms with Crippen molar-refractivity contribution in [3.8, 4) is 0 Å². The SMILES string of the molecule is O=C(Cc1ccc(NC(=O)NCc2ccc(Cl)cc2)cc1)NC1COC1. The Hall–Kier alpha value is -2.57. The molecule has 6 nitrogen and oxygen atoms in total. The number of carbonyl (C=O) groups is 2. The summed E-state index contributed by atoms with van der Waals surface area (Å²) in [5, 5.41) is 9.10. The minimum atomic E-state index is -0.296. The number of carbonyl (C=O) groups excluding carboxylic acids is 2. The molecule has 1 fully saturated rings. The van der Waals surface area contributed by atoms with Crippen LogP contribution in [0.5, 0.6) is 0 Å². The van der Waals surface area contributed by atoms with Crippen LogP contribution in [0.2, 0.25) is 5.02 Å². The first-order chi connectivity index (χ1) is 12.6. The van der Waals surface area contributed by atoms with Crippen molar-refractivity contribution in [2.45, 2.75) is 19.0 Å². The molecule has 0 spiro atoms. The maximum atomic E-state index is 12.0. The summed E-state index contributed by atoms with van der Waals surface area (Å²) >= 11 is 5.83. The van der Waals surface area contributed by atoms with Crippen molar-refractivity contribution in [1.29, 1.82) is 0 Å². The number of anilines is 1. The molecule has 0 radical (unpaired) electrons. The van der Waals surface area contributed by atoms with Crippen molar-refractivity contribution < 1.29 is 14.3 Å². The molecule has 0 atom stereocenters. The van der Waals surface area contributed by atoms with Crippen LogP contribution in [0.15, 0.2) is 48.5 Å². The first-order valence-electron chi connectivity index (χ1n) is 8.34. The molecule has 0 aliphatic carbocycles. The fourth-order valence-electron chi connectivity index (χ4n) is 2.45. The largest absolute Gasteiger partial charge is 0.377 e. The first-order valence-corrected chi connectivity index (χ1v) is 8.71. The average Bonchev–Trinajstić information content (AvgIpc) is 2.59. The Morgan fingerprint density at radius 3 is 2.27 bits per heavy atom. The molecule has 136 valence electrons. The lowest BCUT2D eigenvalue weighted by atomic mass is 10.1. The molecule has 1 aliphatic rings. The Morgan fingerprint density at radius 2 is 1.65 bits per heavy atom. The second-order valence-corrected chi connectivity index (χ2v) is 6.55. The van der Waals surface area contributed by atoms with E-state index in [-0.39, 0.29) is 18.0 Å². The van der Waals surface area contributed by atoms with Crippen molar-refractivity contribution in [1.82, 2.24) is 10.6 Å². The second-order valence-electron chi connectivity index (χ2n) is 6.11. The van der Waals surface area contributed by atoms with Gasteiger partial charge in [-0.05, 0) is 35.4 Å². The van der Waals surface area contributed by atoms with Crippen molar-refractivity contribution in [2.24, 2.45) is 0 Å². The monoisotopic (exact) mass is 373 g/mol. The summed E-state index contributed by atoms with van der Waals surface area (Å²) in [6.45, 7) is 1.57. The van der Waals surface area contributed by atoms with Crippen LogP contribution in [0.1, 0.15) is 11.1 Å². The average molecular weight is 374 g/mol. The maximum Gasteiger partial charge on any atom is 0.319 e. The fraction of sp³-hybridized carbons (Fsp3) is 0.263. The van der Waals surface area contributed by atoms with Crippen LogP contribution < -0.4 is 16.0 Å². The predicted molar refractivity (Wildman–Crippen MR) is 100 cm³/mol. The highest BCUT2D eigenvalue weighted by molar-refractivity contribution is 6.30. The minimum Gasteiger partial charge on any atom is -0.377 e. The van der Waals surface area contributed by atoms with Crippen molar-refractivity contribution in [3.05, 3.63) is 64.7 Å². The highest BCUT2D eigenvalue weighted by Gasteiger charge is 2.20. The van der Waals surface area contributed by atoms with Gasteiger partial charge in [0, 0.05) is 17.3 Å². The summed E-state index contributed by atoms with van der Waals surface area (Å²) in [4.78, 5) is 23.8. The normalized spacial score (nSPS) is 13.6. The Labute approximate surface area is 156 Å². The summed E-state index contributed by atoms with van der Waals surface area (Å²) in [5.74, 6) is -0.0280. The zero-order valence-corrected chi connectivity index (χ0v) is 14.9. The van der Waals surface area contributed by atoms with Gasteiger partial charge < -0.3 is 20.7 Å². The molecule has 1 saturated heterocycles. The van der Waals surface area contributed by atoms with E-state index >= 15 is 0 Å². The van der Waals surface area contributed by atoms with Crippen LogP contribution in [0.4, 0.5) is 10.5 Å². The lowest BCUT2D eigenvalue weighted by molar-refractivity contribution is -0.124. The van der Waals surface area contributed by atoms with Crippen LogP contribution in [0.3, 0.4) is 0 Å². The molecular weight excluding hydrogens is 354 g/mol. The predicted octanol–water partition coefficient (Wildman–Crippen LogP) is 2.72. The van der Waals surface area contributed by atoms with E-state index < -0.39 is 0 Å². The number of amides is 3. The van der Waals surface area contributed by atoms with Gasteiger partial charge in [0.2, 0.25) is 5.91 Å². The van der Waals surface area contributed by atoms with Crippen molar-refractivity contribution in [2.75, 3.05) is 18.5 Å². The molecule has 2 aromatic rings. The third-order valence-electron chi connectivity index (χ3n) is 3.95. The van der Waals surface area contributed by atoms with Crippen LogP contribution >= 0.6 is 11.6 Å². The lowest BCUT2D eigenvalue weighted by Gasteiger charge is -2.26. The molecule has 3 amide bonds. The van der Waals surface area contributed by atoms with E-state index in [0.717, 1.165) is 11.1 Å². The van der Waals surface area contributed by atoms with Gasteiger partial charge in [0.1, 0.15) is 0 Å². The van der Waals surface area contributed by atoms with Gasteiger partial charge in [0.05, 0.1) is 25.7 Å². The minimum absolute atomic E-state index is 0.0280. The standard InChI is InChI=1S/C19H20ClN3O3/c20-15-5-1-14(2-6-15)10-21-19(25)23-16-7-3-13(4-8-16)9-18(24)22-17-11-26-12-17/h1-8,17H,9-12H2,(H,22,24)(H2,21,23,25). The Bertz CT molecular complexity index is 759. The van der Waals surface area contributed by atoms with E-state index in [1.807, 2.05) is 24.3 Å². The fourth-order valence-corrected chi connectivity index (χ4v) is 2.57. The number of ether oxygens (including phenoxy) is 1. The zero-order valence-electron chi connectivity index (χ0n) is 14.1. The molecule has 26 heavy (non-hydrogen) atoms. The van der Waals surface area contributed by atoms with Gasteiger partial charge in [-0.1, -0.05) is 35.9 Å².